The Morgan fingerprint density at radius 1 is 0.867 bits per heavy atom. The number of hydrogen-bond acceptors (Lipinski definition) is 0. The van der Waals surface area contributed by atoms with E-state index in [4.69, 9.17) is 0 Å². The zero-order valence-corrected chi connectivity index (χ0v) is 12.9. The molecule has 0 N–H and O–H groups in total. The second-order valence-corrected chi connectivity index (χ2v) is 3.87. The average molecular weight is 282 g/mol. The van der Waals surface area contributed by atoms with E-state index in [9.17, 15) is 0 Å². The Bertz CT molecular complexity index is 236. The summed E-state index contributed by atoms with van der Waals surface area (Å²) >= 11 is 0. The summed E-state index contributed by atoms with van der Waals surface area (Å²) in [6, 6.07) is 9.87. The van der Waals surface area contributed by atoms with Gasteiger partial charge in [0.1, 0.15) is 0 Å². The third-order valence-corrected chi connectivity index (χ3v) is 2.08. The van der Waals surface area contributed by atoms with Crippen LogP contribution in [0.15, 0.2) is 18.2 Å². The second-order valence-electron chi connectivity index (χ2n) is 3.87. The van der Waals surface area contributed by atoms with Crippen LogP contribution in [0.4, 0.5) is 0 Å². The molecule has 0 aliphatic rings. The van der Waals surface area contributed by atoms with Crippen LogP contribution in [0.1, 0.15) is 50.7 Å². The maximum absolute atomic E-state index is 3.44. The standard InChI is InChI=1S/C12H17.2ClH.Ti/c1-9(2)11-6-5-7-12(8-11)10(3)4;;;/h5-7,9-10H,1-4H3;2*1H;/q-1;;;. The quantitative estimate of drug-likeness (QED) is 0.550. The van der Waals surface area contributed by atoms with E-state index in [1.807, 2.05) is 0 Å². The van der Waals surface area contributed by atoms with Crippen molar-refractivity contribution in [2.75, 3.05) is 0 Å². The topological polar surface area (TPSA) is 0 Å². The van der Waals surface area contributed by atoms with Gasteiger partial charge in [-0.05, 0) is 11.8 Å². The van der Waals surface area contributed by atoms with Crippen molar-refractivity contribution < 1.29 is 21.7 Å². The number of halogens is 2. The molecule has 1 aromatic rings. The first-order chi connectivity index (χ1) is 5.61. The van der Waals surface area contributed by atoms with Crippen molar-refractivity contribution in [1.29, 1.82) is 0 Å². The van der Waals surface area contributed by atoms with Crippen molar-refractivity contribution in [3.63, 3.8) is 0 Å². The van der Waals surface area contributed by atoms with Gasteiger partial charge in [-0.1, -0.05) is 27.7 Å². The molecular weight excluding hydrogens is 263 g/mol. The number of benzene rings is 1. The van der Waals surface area contributed by atoms with E-state index >= 15 is 0 Å². The molecule has 1 rings (SSSR count). The maximum Gasteiger partial charge on any atom is 0 e. The predicted octanol–water partition coefficient (Wildman–Crippen LogP) is 4.57. The normalized spacial score (nSPS) is 8.93. The molecule has 0 aliphatic carbocycles. The van der Waals surface area contributed by atoms with Crippen molar-refractivity contribution in [2.45, 2.75) is 39.5 Å². The van der Waals surface area contributed by atoms with Gasteiger partial charge in [-0.15, -0.1) is 24.8 Å². The molecule has 0 saturated heterocycles. The Labute approximate surface area is 121 Å². The van der Waals surface area contributed by atoms with Crippen LogP contribution in [0.3, 0.4) is 0 Å². The van der Waals surface area contributed by atoms with Crippen molar-refractivity contribution in [3.8, 4) is 0 Å². The molecule has 0 fully saturated rings. The summed E-state index contributed by atoms with van der Waals surface area (Å²) in [6.07, 6.45) is 0. The van der Waals surface area contributed by atoms with E-state index in [1.54, 1.807) is 0 Å². The van der Waals surface area contributed by atoms with Gasteiger partial charge < -0.3 is 0 Å². The van der Waals surface area contributed by atoms with E-state index in [-0.39, 0.29) is 46.5 Å². The largest absolute Gasteiger partial charge is 0.176 e. The maximum atomic E-state index is 3.44. The molecule has 0 aliphatic heterocycles. The smallest absolute Gasteiger partial charge is 0 e. The van der Waals surface area contributed by atoms with E-state index in [0.717, 1.165) is 0 Å². The van der Waals surface area contributed by atoms with Crippen LogP contribution < -0.4 is 0 Å². The van der Waals surface area contributed by atoms with E-state index in [0.29, 0.717) is 11.8 Å². The van der Waals surface area contributed by atoms with Crippen LogP contribution in [-0.2, 0) is 21.7 Å². The summed E-state index contributed by atoms with van der Waals surface area (Å²) in [4.78, 5) is 0. The Balaban J connectivity index is -0.000000480. The van der Waals surface area contributed by atoms with Gasteiger partial charge in [-0.25, -0.2) is 0 Å². The van der Waals surface area contributed by atoms with E-state index < -0.39 is 0 Å². The van der Waals surface area contributed by atoms with Crippen molar-refractivity contribution in [1.82, 2.24) is 0 Å². The Kier molecular flexibility index (Phi) is 13.5. The van der Waals surface area contributed by atoms with E-state index in [2.05, 4.69) is 52.0 Å². The van der Waals surface area contributed by atoms with Crippen LogP contribution >= 0.6 is 24.8 Å². The zero-order chi connectivity index (χ0) is 9.14. The molecule has 1 aromatic carbocycles. The number of hydrogen-bond donors (Lipinski definition) is 0. The van der Waals surface area contributed by atoms with Crippen molar-refractivity contribution in [2.24, 2.45) is 0 Å². The first-order valence-electron chi connectivity index (χ1n) is 4.63. The van der Waals surface area contributed by atoms with Gasteiger partial charge in [-0.2, -0.15) is 35.4 Å². The molecule has 0 heterocycles. The molecule has 15 heavy (non-hydrogen) atoms. The average Bonchev–Trinajstić information content (AvgIpc) is 2.04. The van der Waals surface area contributed by atoms with Gasteiger partial charge in [-0.3, -0.25) is 0 Å². The third-order valence-electron chi connectivity index (χ3n) is 2.08. The van der Waals surface area contributed by atoms with Crippen LogP contribution in [0.25, 0.3) is 0 Å². The molecule has 0 amide bonds. The molecule has 3 heteroatoms. The summed E-state index contributed by atoms with van der Waals surface area (Å²) in [5, 5.41) is 0. The van der Waals surface area contributed by atoms with E-state index in [1.165, 1.54) is 11.1 Å². The van der Waals surface area contributed by atoms with Crippen molar-refractivity contribution >= 4 is 24.8 Å². The Morgan fingerprint density at radius 2 is 1.20 bits per heavy atom. The van der Waals surface area contributed by atoms with Crippen molar-refractivity contribution in [3.05, 3.63) is 35.4 Å². The first-order valence-corrected chi connectivity index (χ1v) is 4.63. The molecule has 0 spiro atoms. The Morgan fingerprint density at radius 3 is 1.47 bits per heavy atom. The van der Waals surface area contributed by atoms with Gasteiger partial charge in [0.25, 0.3) is 0 Å². The third kappa shape index (κ3) is 6.63. The minimum absolute atomic E-state index is 0. The summed E-state index contributed by atoms with van der Waals surface area (Å²) < 4.78 is 0. The number of rotatable bonds is 2. The second kappa shape index (κ2) is 9.72. The fourth-order valence-corrected chi connectivity index (χ4v) is 1.18. The molecule has 0 nitrogen and oxygen atoms in total. The van der Waals surface area contributed by atoms with Crippen LogP contribution in [0.2, 0.25) is 0 Å². The van der Waals surface area contributed by atoms with Gasteiger partial charge in [0.15, 0.2) is 0 Å². The monoisotopic (exact) mass is 281 g/mol. The fraction of sp³-hybridized carbons (Fsp3) is 0.500. The predicted molar refractivity (Wildman–Crippen MR) is 68.0 cm³/mol. The molecule has 86 valence electrons. The van der Waals surface area contributed by atoms with Crippen LogP contribution in [0, 0.1) is 6.07 Å². The zero-order valence-electron chi connectivity index (χ0n) is 9.70. The molecule has 0 aromatic heterocycles. The fourth-order valence-electron chi connectivity index (χ4n) is 1.18. The molecule has 0 saturated carbocycles. The molecule has 0 bridgehead atoms. The summed E-state index contributed by atoms with van der Waals surface area (Å²) in [5.41, 5.74) is 2.64. The molecule has 0 radical (unpaired) electrons. The van der Waals surface area contributed by atoms with Gasteiger partial charge in [0, 0.05) is 21.7 Å². The minimum atomic E-state index is 0. The van der Waals surface area contributed by atoms with Gasteiger partial charge in [0.05, 0.1) is 0 Å². The van der Waals surface area contributed by atoms with Gasteiger partial charge in [0.2, 0.25) is 0 Å². The summed E-state index contributed by atoms with van der Waals surface area (Å²) in [6.45, 7) is 8.82. The van der Waals surface area contributed by atoms with Gasteiger partial charge >= 0.3 is 0 Å². The molecule has 0 unspecified atom stereocenters. The summed E-state index contributed by atoms with van der Waals surface area (Å²) in [7, 11) is 0. The molecule has 0 atom stereocenters. The Hall–Kier alpha value is 0.514. The summed E-state index contributed by atoms with van der Waals surface area (Å²) in [5.74, 6) is 1.17. The first kappa shape index (κ1) is 20.9. The minimum Gasteiger partial charge on any atom is -0.176 e. The SMILES string of the molecule is CC(C)c1[c-]c(C(C)C)ccc1.Cl.Cl.[Ti]. The van der Waals surface area contributed by atoms with Crippen LogP contribution in [-0.4, -0.2) is 0 Å². The molecular formula is C12H19Cl2Ti-. The van der Waals surface area contributed by atoms with Crippen LogP contribution in [0.5, 0.6) is 0 Å².